The molecule has 94 valence electrons. The molecule has 18 heavy (non-hydrogen) atoms. The Balaban J connectivity index is 1.60. The van der Waals surface area contributed by atoms with Crippen molar-refractivity contribution in [3.63, 3.8) is 0 Å². The van der Waals surface area contributed by atoms with E-state index in [2.05, 4.69) is 39.5 Å². The summed E-state index contributed by atoms with van der Waals surface area (Å²) < 4.78 is 0. The number of thiazole rings is 1. The van der Waals surface area contributed by atoms with Crippen LogP contribution in [0.25, 0.3) is 0 Å². The quantitative estimate of drug-likeness (QED) is 0.912. The van der Waals surface area contributed by atoms with Gasteiger partial charge >= 0.3 is 0 Å². The normalized spacial score (nSPS) is 15.0. The summed E-state index contributed by atoms with van der Waals surface area (Å²) in [5.41, 5.74) is 2.50. The molecule has 1 aromatic carbocycles. The minimum Gasteiger partial charge on any atom is -0.379 e. The second-order valence-electron chi connectivity index (χ2n) is 4.52. The van der Waals surface area contributed by atoms with Gasteiger partial charge < -0.3 is 10.2 Å². The predicted octanol–water partition coefficient (Wildman–Crippen LogP) is 3.36. The summed E-state index contributed by atoms with van der Waals surface area (Å²) in [6.07, 6.45) is 4.49. The highest BCUT2D eigenvalue weighted by Crippen LogP contribution is 2.22. The van der Waals surface area contributed by atoms with E-state index >= 15 is 0 Å². The highest BCUT2D eigenvalue weighted by molar-refractivity contribution is 7.09. The van der Waals surface area contributed by atoms with Crippen LogP contribution in [0.3, 0.4) is 0 Å². The molecule has 0 saturated carbocycles. The van der Waals surface area contributed by atoms with E-state index in [-0.39, 0.29) is 0 Å². The van der Waals surface area contributed by atoms with Crippen LogP contribution in [-0.4, -0.2) is 18.1 Å². The lowest BCUT2D eigenvalue weighted by Crippen LogP contribution is -2.17. The molecule has 0 amide bonds. The lowest BCUT2D eigenvalue weighted by Gasteiger charge is -2.17. The molecule has 0 radical (unpaired) electrons. The third-order valence-electron chi connectivity index (χ3n) is 3.27. The van der Waals surface area contributed by atoms with Crippen LogP contribution in [0.5, 0.6) is 0 Å². The first kappa shape index (κ1) is 11.5. The second kappa shape index (κ2) is 5.40. The fourth-order valence-electron chi connectivity index (χ4n) is 2.28. The maximum atomic E-state index is 4.26. The zero-order valence-corrected chi connectivity index (χ0v) is 11.1. The molecule has 2 aromatic rings. The summed E-state index contributed by atoms with van der Waals surface area (Å²) in [7, 11) is 0. The van der Waals surface area contributed by atoms with E-state index in [0.717, 1.165) is 17.2 Å². The Morgan fingerprint density at radius 2 is 1.94 bits per heavy atom. The molecule has 1 saturated heterocycles. The van der Waals surface area contributed by atoms with Gasteiger partial charge in [-0.1, -0.05) is 0 Å². The molecular formula is C14H17N3S. The summed E-state index contributed by atoms with van der Waals surface area (Å²) in [5, 5.41) is 6.53. The SMILES string of the molecule is c1csc(CNc2ccc(N3CCCC3)cc2)n1. The molecule has 1 aromatic heterocycles. The lowest BCUT2D eigenvalue weighted by molar-refractivity contribution is 0.949. The average Bonchev–Trinajstić information content (AvgIpc) is 3.10. The van der Waals surface area contributed by atoms with Gasteiger partial charge in [-0.05, 0) is 37.1 Å². The van der Waals surface area contributed by atoms with Crippen molar-refractivity contribution in [3.8, 4) is 0 Å². The van der Waals surface area contributed by atoms with Gasteiger partial charge in [-0.15, -0.1) is 11.3 Å². The average molecular weight is 259 g/mol. The Morgan fingerprint density at radius 1 is 1.17 bits per heavy atom. The number of benzene rings is 1. The topological polar surface area (TPSA) is 28.2 Å². The van der Waals surface area contributed by atoms with Crippen molar-refractivity contribution in [1.29, 1.82) is 0 Å². The van der Waals surface area contributed by atoms with Crippen molar-refractivity contribution in [2.24, 2.45) is 0 Å². The van der Waals surface area contributed by atoms with Crippen molar-refractivity contribution in [3.05, 3.63) is 40.8 Å². The molecule has 1 fully saturated rings. The molecule has 1 aliphatic heterocycles. The van der Waals surface area contributed by atoms with Crippen molar-refractivity contribution in [2.45, 2.75) is 19.4 Å². The molecule has 0 atom stereocenters. The van der Waals surface area contributed by atoms with Gasteiger partial charge in [-0.2, -0.15) is 0 Å². The molecule has 0 unspecified atom stereocenters. The molecule has 4 heteroatoms. The molecule has 2 heterocycles. The standard InChI is InChI=1S/C14H17N3S/c1-2-9-17(8-1)13-5-3-12(4-6-13)16-11-14-15-7-10-18-14/h3-7,10,16H,1-2,8-9,11H2. The summed E-state index contributed by atoms with van der Waals surface area (Å²) >= 11 is 1.68. The van der Waals surface area contributed by atoms with Crippen molar-refractivity contribution in [2.75, 3.05) is 23.3 Å². The van der Waals surface area contributed by atoms with Crippen LogP contribution in [0.4, 0.5) is 11.4 Å². The van der Waals surface area contributed by atoms with Crippen LogP contribution in [0.15, 0.2) is 35.8 Å². The molecule has 0 bridgehead atoms. The molecule has 3 nitrogen and oxygen atoms in total. The number of nitrogens with zero attached hydrogens (tertiary/aromatic N) is 2. The second-order valence-corrected chi connectivity index (χ2v) is 5.50. The smallest absolute Gasteiger partial charge is 0.112 e. The Morgan fingerprint density at radius 3 is 2.61 bits per heavy atom. The van der Waals surface area contributed by atoms with E-state index < -0.39 is 0 Å². The van der Waals surface area contributed by atoms with E-state index in [9.17, 15) is 0 Å². The van der Waals surface area contributed by atoms with Gasteiger partial charge in [-0.3, -0.25) is 0 Å². The van der Waals surface area contributed by atoms with Crippen LogP contribution in [0.1, 0.15) is 17.8 Å². The molecular weight excluding hydrogens is 242 g/mol. The number of nitrogens with one attached hydrogen (secondary N) is 1. The van der Waals surface area contributed by atoms with E-state index in [1.807, 2.05) is 11.6 Å². The zero-order chi connectivity index (χ0) is 12.2. The Kier molecular flexibility index (Phi) is 3.46. The minimum absolute atomic E-state index is 0.806. The molecule has 1 aliphatic rings. The largest absolute Gasteiger partial charge is 0.379 e. The monoisotopic (exact) mass is 259 g/mol. The van der Waals surface area contributed by atoms with Crippen molar-refractivity contribution in [1.82, 2.24) is 4.98 Å². The first-order chi connectivity index (χ1) is 8.92. The fraction of sp³-hybridized carbons (Fsp3) is 0.357. The van der Waals surface area contributed by atoms with Crippen LogP contribution in [-0.2, 0) is 6.54 Å². The van der Waals surface area contributed by atoms with E-state index in [0.29, 0.717) is 0 Å². The van der Waals surface area contributed by atoms with Gasteiger partial charge in [-0.25, -0.2) is 4.98 Å². The zero-order valence-electron chi connectivity index (χ0n) is 10.3. The number of aromatic nitrogens is 1. The number of anilines is 2. The molecule has 1 N–H and O–H groups in total. The van der Waals surface area contributed by atoms with Gasteiger partial charge in [0.2, 0.25) is 0 Å². The maximum absolute atomic E-state index is 4.26. The highest BCUT2D eigenvalue weighted by Gasteiger charge is 2.11. The van der Waals surface area contributed by atoms with Crippen LogP contribution >= 0.6 is 11.3 Å². The Bertz CT molecular complexity index is 472. The minimum atomic E-state index is 0.806. The molecule has 3 rings (SSSR count). The van der Waals surface area contributed by atoms with Gasteiger partial charge in [0.05, 0.1) is 6.54 Å². The van der Waals surface area contributed by atoms with Crippen LogP contribution < -0.4 is 10.2 Å². The summed E-state index contributed by atoms with van der Waals surface area (Å²) in [6, 6.07) is 8.72. The highest BCUT2D eigenvalue weighted by atomic mass is 32.1. The Labute approximate surface area is 111 Å². The van der Waals surface area contributed by atoms with Crippen molar-refractivity contribution >= 4 is 22.7 Å². The fourth-order valence-corrected chi connectivity index (χ4v) is 2.84. The Hall–Kier alpha value is -1.55. The van der Waals surface area contributed by atoms with Crippen molar-refractivity contribution < 1.29 is 0 Å². The lowest BCUT2D eigenvalue weighted by atomic mass is 10.2. The van der Waals surface area contributed by atoms with E-state index in [4.69, 9.17) is 0 Å². The van der Waals surface area contributed by atoms with Gasteiger partial charge in [0, 0.05) is 36.0 Å². The summed E-state index contributed by atoms with van der Waals surface area (Å²) in [6.45, 7) is 3.21. The van der Waals surface area contributed by atoms with Crippen LogP contribution in [0.2, 0.25) is 0 Å². The van der Waals surface area contributed by atoms with Crippen LogP contribution in [0, 0.1) is 0 Å². The summed E-state index contributed by atoms with van der Waals surface area (Å²) in [4.78, 5) is 6.71. The number of hydrogen-bond acceptors (Lipinski definition) is 4. The van der Waals surface area contributed by atoms with E-state index in [1.165, 1.54) is 31.6 Å². The predicted molar refractivity (Wildman–Crippen MR) is 77.3 cm³/mol. The third-order valence-corrected chi connectivity index (χ3v) is 4.05. The molecule has 0 aliphatic carbocycles. The number of hydrogen-bond donors (Lipinski definition) is 1. The third kappa shape index (κ3) is 2.64. The number of rotatable bonds is 4. The molecule has 0 spiro atoms. The van der Waals surface area contributed by atoms with Gasteiger partial charge in [0.1, 0.15) is 5.01 Å². The van der Waals surface area contributed by atoms with E-state index in [1.54, 1.807) is 11.3 Å². The van der Waals surface area contributed by atoms with Gasteiger partial charge in [0.15, 0.2) is 0 Å². The summed E-state index contributed by atoms with van der Waals surface area (Å²) in [5.74, 6) is 0. The maximum Gasteiger partial charge on any atom is 0.112 e. The first-order valence-electron chi connectivity index (χ1n) is 6.39. The van der Waals surface area contributed by atoms with Gasteiger partial charge in [0.25, 0.3) is 0 Å². The first-order valence-corrected chi connectivity index (χ1v) is 7.27.